The molecular weight excluding hydrogens is 461 g/mol. The number of halogens is 1. The summed E-state index contributed by atoms with van der Waals surface area (Å²) in [5, 5.41) is 3.48. The molecule has 1 amide bonds. The number of rotatable bonds is 10. The van der Waals surface area contributed by atoms with Crippen LogP contribution in [0.1, 0.15) is 40.9 Å². The molecule has 0 aliphatic heterocycles. The van der Waals surface area contributed by atoms with Crippen LogP contribution < -0.4 is 10.0 Å². The predicted molar refractivity (Wildman–Crippen MR) is 129 cm³/mol. The van der Waals surface area contributed by atoms with Gasteiger partial charge in [0.15, 0.2) is 0 Å². The lowest BCUT2D eigenvalue weighted by molar-refractivity contribution is 0.0947. The van der Waals surface area contributed by atoms with E-state index in [4.69, 9.17) is 0 Å². The minimum atomic E-state index is -3.39. The molecule has 2 N–H and O–H groups in total. The number of nitrogens with zero attached hydrogens (tertiary/aromatic N) is 1. The summed E-state index contributed by atoms with van der Waals surface area (Å²) in [6.45, 7) is 3.85. The van der Waals surface area contributed by atoms with Crippen LogP contribution in [0, 0.1) is 5.82 Å². The van der Waals surface area contributed by atoms with Gasteiger partial charge in [0.2, 0.25) is 10.0 Å². The second-order valence-electron chi connectivity index (χ2n) is 7.80. The number of sulfonamides is 1. The van der Waals surface area contributed by atoms with Crippen molar-refractivity contribution in [3.63, 3.8) is 0 Å². The van der Waals surface area contributed by atoms with E-state index in [0.717, 1.165) is 11.1 Å². The Labute approximate surface area is 198 Å². The van der Waals surface area contributed by atoms with E-state index in [1.54, 1.807) is 68.6 Å². The van der Waals surface area contributed by atoms with E-state index in [9.17, 15) is 17.6 Å². The van der Waals surface area contributed by atoms with Crippen molar-refractivity contribution in [2.45, 2.75) is 43.0 Å². The summed E-state index contributed by atoms with van der Waals surface area (Å²) in [7, 11) is -3.39. The molecule has 0 saturated carbocycles. The third-order valence-corrected chi connectivity index (χ3v) is 7.17. The summed E-state index contributed by atoms with van der Waals surface area (Å²) in [6, 6.07) is 16.6. The van der Waals surface area contributed by atoms with Crippen LogP contribution in [0.5, 0.6) is 0 Å². The molecular formula is C24H26FN3O3S2. The van der Waals surface area contributed by atoms with E-state index in [2.05, 4.69) is 15.0 Å². The van der Waals surface area contributed by atoms with Gasteiger partial charge < -0.3 is 5.32 Å². The van der Waals surface area contributed by atoms with Crippen molar-refractivity contribution in [2.75, 3.05) is 0 Å². The lowest BCUT2D eigenvalue weighted by atomic mass is 10.1. The molecule has 3 rings (SSSR count). The number of carbonyl (C=O) groups excluding carboxylic acids is 1. The van der Waals surface area contributed by atoms with Gasteiger partial charge in [-0.15, -0.1) is 11.8 Å². The normalized spacial score (nSPS) is 11.5. The lowest BCUT2D eigenvalue weighted by Gasteiger charge is -2.11. The molecule has 0 radical (unpaired) electrons. The number of amides is 1. The molecule has 0 bridgehead atoms. The van der Waals surface area contributed by atoms with Gasteiger partial charge in [-0.25, -0.2) is 22.5 Å². The van der Waals surface area contributed by atoms with Gasteiger partial charge in [0.05, 0.1) is 11.3 Å². The van der Waals surface area contributed by atoms with Crippen molar-refractivity contribution < 1.29 is 17.6 Å². The van der Waals surface area contributed by atoms with Crippen molar-refractivity contribution in [1.29, 1.82) is 0 Å². The maximum absolute atomic E-state index is 13.1. The number of nitrogens with one attached hydrogen (secondary N) is 2. The van der Waals surface area contributed by atoms with Gasteiger partial charge in [0.25, 0.3) is 5.91 Å². The zero-order chi connectivity index (χ0) is 23.8. The highest BCUT2D eigenvalue weighted by atomic mass is 32.2. The number of thioether (sulfide) groups is 1. The smallest absolute Gasteiger partial charge is 0.254 e. The van der Waals surface area contributed by atoms with Crippen LogP contribution in [0.25, 0.3) is 0 Å². The van der Waals surface area contributed by atoms with Crippen LogP contribution in [-0.2, 0) is 28.1 Å². The van der Waals surface area contributed by atoms with Crippen molar-refractivity contribution >= 4 is 27.7 Å². The number of carbonyl (C=O) groups is 1. The SMILES string of the molecule is CC(C)NS(=O)(=O)Cc1ccc(CNC(=O)c2cccnc2SCc2ccc(F)cc2)cc1. The fourth-order valence-electron chi connectivity index (χ4n) is 3.06. The maximum Gasteiger partial charge on any atom is 0.254 e. The fourth-order valence-corrected chi connectivity index (χ4v) is 5.44. The van der Waals surface area contributed by atoms with Crippen molar-refractivity contribution in [3.05, 3.63) is 94.9 Å². The fraction of sp³-hybridized carbons (Fsp3) is 0.250. The summed E-state index contributed by atoms with van der Waals surface area (Å²) < 4.78 is 39.8. The highest BCUT2D eigenvalue weighted by molar-refractivity contribution is 7.98. The predicted octanol–water partition coefficient (Wildman–Crippen LogP) is 4.27. The van der Waals surface area contributed by atoms with Crippen molar-refractivity contribution in [2.24, 2.45) is 0 Å². The van der Waals surface area contributed by atoms with E-state index in [1.807, 2.05) is 0 Å². The standard InChI is InChI=1S/C24H26FN3O3S2/c1-17(2)28-33(30,31)16-20-7-5-18(6-8-20)14-27-23(29)22-4-3-13-26-24(22)32-15-19-9-11-21(25)12-10-19/h3-13,17,28H,14-16H2,1-2H3,(H,27,29). The summed E-state index contributed by atoms with van der Waals surface area (Å²) in [5.74, 6) is -0.0727. The van der Waals surface area contributed by atoms with Gasteiger partial charge in [-0.1, -0.05) is 36.4 Å². The van der Waals surface area contributed by atoms with Gasteiger partial charge in [0, 0.05) is 24.5 Å². The van der Waals surface area contributed by atoms with E-state index in [-0.39, 0.29) is 23.5 Å². The van der Waals surface area contributed by atoms with Gasteiger partial charge in [-0.05, 0) is 54.8 Å². The first-order valence-corrected chi connectivity index (χ1v) is 13.0. The van der Waals surface area contributed by atoms with Crippen molar-refractivity contribution in [1.82, 2.24) is 15.0 Å². The van der Waals surface area contributed by atoms with Crippen LogP contribution in [-0.4, -0.2) is 25.4 Å². The number of hydrogen-bond donors (Lipinski definition) is 2. The number of pyridine rings is 1. The first kappa shape index (κ1) is 24.9. The number of benzene rings is 2. The molecule has 6 nitrogen and oxygen atoms in total. The summed E-state index contributed by atoms with van der Waals surface area (Å²) in [6.07, 6.45) is 1.63. The molecule has 9 heteroatoms. The van der Waals surface area contributed by atoms with E-state index in [1.165, 1.54) is 23.9 Å². The van der Waals surface area contributed by atoms with Crippen LogP contribution in [0.4, 0.5) is 4.39 Å². The molecule has 0 atom stereocenters. The summed E-state index contributed by atoms with van der Waals surface area (Å²) in [5.41, 5.74) is 2.92. The highest BCUT2D eigenvalue weighted by Gasteiger charge is 2.14. The molecule has 1 heterocycles. The largest absolute Gasteiger partial charge is 0.348 e. The Morgan fingerprint density at radius 1 is 1.00 bits per heavy atom. The van der Waals surface area contributed by atoms with Gasteiger partial charge in [0.1, 0.15) is 10.8 Å². The first-order valence-electron chi connectivity index (χ1n) is 10.4. The minimum Gasteiger partial charge on any atom is -0.348 e. The van der Waals surface area contributed by atoms with Gasteiger partial charge in [-0.2, -0.15) is 0 Å². The molecule has 0 spiro atoms. The zero-order valence-electron chi connectivity index (χ0n) is 18.4. The van der Waals surface area contributed by atoms with Gasteiger partial charge >= 0.3 is 0 Å². The molecule has 174 valence electrons. The number of aromatic nitrogens is 1. The molecule has 0 aliphatic carbocycles. The summed E-state index contributed by atoms with van der Waals surface area (Å²) in [4.78, 5) is 17.1. The molecule has 0 fully saturated rings. The third-order valence-electron chi connectivity index (χ3n) is 4.55. The van der Waals surface area contributed by atoms with Crippen LogP contribution in [0.2, 0.25) is 0 Å². The Morgan fingerprint density at radius 2 is 1.64 bits per heavy atom. The zero-order valence-corrected chi connectivity index (χ0v) is 20.0. The minimum absolute atomic E-state index is 0.0951. The monoisotopic (exact) mass is 487 g/mol. The third kappa shape index (κ3) is 7.96. The van der Waals surface area contributed by atoms with E-state index in [0.29, 0.717) is 28.5 Å². The maximum atomic E-state index is 13.1. The van der Waals surface area contributed by atoms with Crippen LogP contribution in [0.15, 0.2) is 71.9 Å². The molecule has 0 aliphatic rings. The molecule has 0 saturated heterocycles. The molecule has 3 aromatic rings. The Morgan fingerprint density at radius 3 is 2.30 bits per heavy atom. The molecule has 1 aromatic heterocycles. The Bertz CT molecular complexity index is 1180. The van der Waals surface area contributed by atoms with Crippen LogP contribution in [0.3, 0.4) is 0 Å². The lowest BCUT2D eigenvalue weighted by Crippen LogP contribution is -2.31. The van der Waals surface area contributed by atoms with Gasteiger partial charge in [-0.3, -0.25) is 4.79 Å². The Kier molecular flexibility index (Phi) is 8.60. The highest BCUT2D eigenvalue weighted by Crippen LogP contribution is 2.24. The van der Waals surface area contributed by atoms with Crippen molar-refractivity contribution in [3.8, 4) is 0 Å². The molecule has 2 aromatic carbocycles. The first-order chi connectivity index (χ1) is 15.7. The second kappa shape index (κ2) is 11.4. The molecule has 33 heavy (non-hydrogen) atoms. The Balaban J connectivity index is 1.58. The number of hydrogen-bond acceptors (Lipinski definition) is 5. The second-order valence-corrected chi connectivity index (χ2v) is 10.5. The van der Waals surface area contributed by atoms with E-state index < -0.39 is 10.0 Å². The summed E-state index contributed by atoms with van der Waals surface area (Å²) >= 11 is 1.41. The van der Waals surface area contributed by atoms with Crippen LogP contribution >= 0.6 is 11.8 Å². The topological polar surface area (TPSA) is 88.2 Å². The average molecular weight is 488 g/mol. The molecule has 0 unspecified atom stereocenters. The average Bonchev–Trinajstić information content (AvgIpc) is 2.77. The quantitative estimate of drug-likeness (QED) is 0.417. The van der Waals surface area contributed by atoms with E-state index >= 15 is 0 Å². The Hall–Kier alpha value is -2.75.